The minimum atomic E-state index is -0.279. The molecule has 5 nitrogen and oxygen atoms in total. The lowest BCUT2D eigenvalue weighted by molar-refractivity contribution is -0.115. The van der Waals surface area contributed by atoms with Gasteiger partial charge in [0.1, 0.15) is 5.84 Å². The first kappa shape index (κ1) is 20.0. The molecule has 0 unspecified atom stereocenters. The molecule has 5 heteroatoms. The lowest BCUT2D eigenvalue weighted by atomic mass is 9.99. The molecule has 152 valence electrons. The van der Waals surface area contributed by atoms with Crippen LogP contribution in [0.5, 0.6) is 0 Å². The van der Waals surface area contributed by atoms with Crippen molar-refractivity contribution in [3.63, 3.8) is 0 Å². The van der Waals surface area contributed by atoms with Gasteiger partial charge in [0.05, 0.1) is 12.3 Å². The third-order valence-corrected chi connectivity index (χ3v) is 5.44. The van der Waals surface area contributed by atoms with E-state index >= 15 is 0 Å². The Bertz CT molecular complexity index is 1120. The minimum Gasteiger partial charge on any atom is -0.390 e. The number of anilines is 1. The fourth-order valence-electron chi connectivity index (χ4n) is 3.95. The quantitative estimate of drug-likeness (QED) is 0.528. The topological polar surface area (TPSA) is 65.8 Å². The number of pyridine rings is 1. The zero-order valence-electron chi connectivity index (χ0n) is 17.3. The number of fused-ring (bicyclic) bond motifs is 1. The second kappa shape index (κ2) is 8.59. The Morgan fingerprint density at radius 1 is 1.13 bits per heavy atom. The molecule has 30 heavy (non-hydrogen) atoms. The van der Waals surface area contributed by atoms with Gasteiger partial charge in [-0.1, -0.05) is 37.3 Å². The summed E-state index contributed by atoms with van der Waals surface area (Å²) < 4.78 is 0. The van der Waals surface area contributed by atoms with Gasteiger partial charge in [-0.2, -0.15) is 4.99 Å². The lowest BCUT2D eigenvalue weighted by Crippen LogP contribution is -2.31. The van der Waals surface area contributed by atoms with Crippen molar-refractivity contribution in [1.82, 2.24) is 4.98 Å². The first-order chi connectivity index (χ1) is 14.6. The molecular weight excluding hydrogens is 374 g/mol. The summed E-state index contributed by atoms with van der Waals surface area (Å²) in [7, 11) is 0. The fraction of sp³-hybridized carbons (Fsp3) is 0.240. The van der Waals surface area contributed by atoms with Gasteiger partial charge in [0, 0.05) is 30.9 Å². The van der Waals surface area contributed by atoms with Crippen molar-refractivity contribution in [3.8, 4) is 11.1 Å². The summed E-state index contributed by atoms with van der Waals surface area (Å²) in [5, 5.41) is 9.72. The molecule has 0 bridgehead atoms. The summed E-state index contributed by atoms with van der Waals surface area (Å²) >= 11 is 0. The third kappa shape index (κ3) is 3.89. The standard InChI is InChI=1S/C25H25N3O2/c1-3-18-6-4-7-19(14-18)20-9-10-24-21(15-20)11-13-28(24)25(27-17(2)30)22-8-5-12-26-23(22)16-29/h4-10,12,14-15,29H,3,11,13,16H2,1-2H3. The summed E-state index contributed by atoms with van der Waals surface area (Å²) in [6, 6.07) is 18.7. The molecule has 0 radical (unpaired) electrons. The van der Waals surface area contributed by atoms with Crippen LogP contribution in [-0.4, -0.2) is 28.4 Å². The van der Waals surface area contributed by atoms with Crippen LogP contribution in [-0.2, 0) is 24.2 Å². The summed E-state index contributed by atoms with van der Waals surface area (Å²) in [4.78, 5) is 22.5. The number of aryl methyl sites for hydroxylation is 1. The largest absolute Gasteiger partial charge is 0.390 e. The summed E-state index contributed by atoms with van der Waals surface area (Å²) in [5.74, 6) is 0.262. The second-order valence-electron chi connectivity index (χ2n) is 7.41. The first-order valence-electron chi connectivity index (χ1n) is 10.2. The van der Waals surface area contributed by atoms with E-state index in [4.69, 9.17) is 0 Å². The van der Waals surface area contributed by atoms with E-state index in [1.54, 1.807) is 12.3 Å². The van der Waals surface area contributed by atoms with Gasteiger partial charge in [-0.05, 0) is 59.4 Å². The highest BCUT2D eigenvalue weighted by molar-refractivity contribution is 6.15. The van der Waals surface area contributed by atoms with Crippen LogP contribution in [0.4, 0.5) is 5.69 Å². The van der Waals surface area contributed by atoms with Crippen LogP contribution in [0.25, 0.3) is 11.1 Å². The lowest BCUT2D eigenvalue weighted by Gasteiger charge is -2.23. The van der Waals surface area contributed by atoms with E-state index < -0.39 is 0 Å². The van der Waals surface area contributed by atoms with E-state index in [9.17, 15) is 9.90 Å². The van der Waals surface area contributed by atoms with Crippen LogP contribution in [0.3, 0.4) is 0 Å². The molecule has 0 spiro atoms. The average Bonchev–Trinajstić information content (AvgIpc) is 3.20. The Kier molecular flexibility index (Phi) is 5.72. The molecule has 0 fully saturated rings. The number of aromatic nitrogens is 1. The van der Waals surface area contributed by atoms with E-state index in [0.29, 0.717) is 17.1 Å². The number of nitrogens with zero attached hydrogens (tertiary/aromatic N) is 3. The van der Waals surface area contributed by atoms with Gasteiger partial charge in [0.2, 0.25) is 5.91 Å². The Hall–Kier alpha value is -3.31. The number of rotatable bonds is 4. The molecule has 1 N–H and O–H groups in total. The number of hydrogen-bond donors (Lipinski definition) is 1. The number of carbonyl (C=O) groups excluding carboxylic acids is 1. The summed E-state index contributed by atoms with van der Waals surface area (Å²) in [5.41, 5.74) is 7.18. The summed E-state index contributed by atoms with van der Waals surface area (Å²) in [6.07, 6.45) is 3.51. The highest BCUT2D eigenvalue weighted by atomic mass is 16.3. The van der Waals surface area contributed by atoms with Gasteiger partial charge in [-0.25, -0.2) is 0 Å². The van der Waals surface area contributed by atoms with E-state index in [1.807, 2.05) is 6.07 Å². The highest BCUT2D eigenvalue weighted by Crippen LogP contribution is 2.34. The Balaban J connectivity index is 1.75. The van der Waals surface area contributed by atoms with Gasteiger partial charge in [-0.15, -0.1) is 0 Å². The smallest absolute Gasteiger partial charge is 0.244 e. The van der Waals surface area contributed by atoms with Crippen molar-refractivity contribution in [1.29, 1.82) is 0 Å². The molecule has 0 aliphatic carbocycles. The molecule has 1 aliphatic heterocycles. The normalized spacial score (nSPS) is 13.4. The fourth-order valence-corrected chi connectivity index (χ4v) is 3.95. The Morgan fingerprint density at radius 3 is 2.73 bits per heavy atom. The van der Waals surface area contributed by atoms with Gasteiger partial charge in [0.15, 0.2) is 0 Å². The van der Waals surface area contributed by atoms with Gasteiger partial charge < -0.3 is 10.0 Å². The van der Waals surface area contributed by atoms with Crippen molar-refractivity contribution in [2.24, 2.45) is 4.99 Å². The zero-order valence-corrected chi connectivity index (χ0v) is 17.3. The maximum Gasteiger partial charge on any atom is 0.244 e. The second-order valence-corrected chi connectivity index (χ2v) is 7.41. The van der Waals surface area contributed by atoms with Crippen molar-refractivity contribution in [2.75, 3.05) is 11.4 Å². The number of benzene rings is 2. The predicted octanol–water partition coefficient (Wildman–Crippen LogP) is 4.16. The van der Waals surface area contributed by atoms with Crippen LogP contribution in [0.1, 0.15) is 36.2 Å². The molecule has 0 saturated carbocycles. The number of carbonyl (C=O) groups is 1. The molecule has 3 aromatic rings. The van der Waals surface area contributed by atoms with Crippen molar-refractivity contribution in [2.45, 2.75) is 33.3 Å². The number of hydrogen-bond acceptors (Lipinski definition) is 3. The van der Waals surface area contributed by atoms with Crippen molar-refractivity contribution in [3.05, 3.63) is 83.2 Å². The van der Waals surface area contributed by atoms with Gasteiger partial charge in [0.25, 0.3) is 0 Å². The van der Waals surface area contributed by atoms with Crippen LogP contribution in [0, 0.1) is 0 Å². The molecule has 4 rings (SSSR count). The Labute approximate surface area is 176 Å². The third-order valence-electron chi connectivity index (χ3n) is 5.44. The number of amides is 1. The van der Waals surface area contributed by atoms with Crippen LogP contribution < -0.4 is 4.90 Å². The minimum absolute atomic E-state index is 0.208. The van der Waals surface area contributed by atoms with Crippen LogP contribution in [0.15, 0.2) is 65.8 Å². The highest BCUT2D eigenvalue weighted by Gasteiger charge is 2.26. The molecule has 2 heterocycles. The Morgan fingerprint density at radius 2 is 1.97 bits per heavy atom. The number of aliphatic hydroxyl groups is 1. The number of aliphatic imine (C=N–C) groups is 1. The predicted molar refractivity (Wildman–Crippen MR) is 120 cm³/mol. The van der Waals surface area contributed by atoms with Gasteiger partial charge >= 0.3 is 0 Å². The van der Waals surface area contributed by atoms with Gasteiger partial charge in [-0.3, -0.25) is 9.78 Å². The number of amidine groups is 1. The summed E-state index contributed by atoms with van der Waals surface area (Å²) in [6.45, 7) is 4.12. The number of aliphatic hydroxyl groups excluding tert-OH is 1. The van der Waals surface area contributed by atoms with E-state index in [0.717, 1.165) is 25.1 Å². The molecule has 1 aromatic heterocycles. The molecule has 1 amide bonds. The van der Waals surface area contributed by atoms with Crippen LogP contribution >= 0.6 is 0 Å². The monoisotopic (exact) mass is 399 g/mol. The van der Waals surface area contributed by atoms with E-state index in [1.165, 1.54) is 29.2 Å². The average molecular weight is 399 g/mol. The van der Waals surface area contributed by atoms with Crippen molar-refractivity contribution < 1.29 is 9.90 Å². The molecule has 1 aliphatic rings. The molecular formula is C25H25N3O2. The molecule has 2 aromatic carbocycles. The molecule has 0 saturated heterocycles. The van der Waals surface area contributed by atoms with Crippen LogP contribution in [0.2, 0.25) is 0 Å². The molecule has 0 atom stereocenters. The first-order valence-corrected chi connectivity index (χ1v) is 10.2. The zero-order chi connectivity index (χ0) is 21.1. The van der Waals surface area contributed by atoms with Crippen molar-refractivity contribution >= 4 is 17.4 Å². The van der Waals surface area contributed by atoms with E-state index in [-0.39, 0.29) is 12.5 Å². The SMILES string of the molecule is CCc1cccc(-c2ccc3c(c2)CCN3C(=NC(C)=O)c2cccnc2CO)c1. The maximum absolute atomic E-state index is 11.9. The maximum atomic E-state index is 11.9. The van der Waals surface area contributed by atoms with E-state index in [2.05, 4.69) is 64.3 Å².